The van der Waals surface area contributed by atoms with Gasteiger partial charge in [-0.2, -0.15) is 0 Å². The number of rotatable bonds is 5. The fourth-order valence-electron chi connectivity index (χ4n) is 1.17. The van der Waals surface area contributed by atoms with E-state index in [4.69, 9.17) is 5.11 Å². The largest absolute Gasteiger partial charge is 0.507 e. The molecule has 0 fully saturated rings. The molecule has 0 aliphatic heterocycles. The molecule has 6 nitrogen and oxygen atoms in total. The summed E-state index contributed by atoms with van der Waals surface area (Å²) >= 11 is 0. The second-order valence-corrected chi connectivity index (χ2v) is 3.62. The van der Waals surface area contributed by atoms with Crippen LogP contribution in [-0.4, -0.2) is 40.9 Å². The molecule has 1 aromatic rings. The van der Waals surface area contributed by atoms with E-state index < -0.39 is 24.5 Å². The first-order valence-corrected chi connectivity index (χ1v) is 5.31. The van der Waals surface area contributed by atoms with Crippen LogP contribution in [-0.2, 0) is 9.59 Å². The molecule has 1 amide bonds. The van der Waals surface area contributed by atoms with E-state index >= 15 is 0 Å². The minimum atomic E-state index is -1.11. The topological polar surface area (TPSA) is 99.0 Å². The molecule has 0 spiro atoms. The Morgan fingerprint density at radius 1 is 1.44 bits per heavy atom. The molecule has 0 bridgehead atoms. The molecule has 0 saturated carbocycles. The SMILES string of the molecule is C[C@H](N=Cc1ccccc1O)C(=O)NCC(=O)O. The maximum Gasteiger partial charge on any atom is 0.322 e. The lowest BCUT2D eigenvalue weighted by Crippen LogP contribution is -2.35. The number of phenolic OH excluding ortho intramolecular Hbond substituents is 1. The molecule has 1 rings (SSSR count). The van der Waals surface area contributed by atoms with Crippen molar-refractivity contribution in [3.8, 4) is 5.75 Å². The number of amides is 1. The lowest BCUT2D eigenvalue weighted by Gasteiger charge is -2.06. The summed E-state index contributed by atoms with van der Waals surface area (Å²) in [5.41, 5.74) is 0.496. The number of phenols is 1. The monoisotopic (exact) mass is 250 g/mol. The van der Waals surface area contributed by atoms with E-state index in [1.807, 2.05) is 0 Å². The Kier molecular flexibility index (Phi) is 4.86. The van der Waals surface area contributed by atoms with Gasteiger partial charge < -0.3 is 15.5 Å². The molecule has 1 atom stereocenters. The zero-order chi connectivity index (χ0) is 13.5. The molecule has 96 valence electrons. The standard InChI is InChI=1S/C12H14N2O4/c1-8(12(18)14-7-11(16)17)13-6-9-4-2-3-5-10(9)15/h2-6,8,15H,7H2,1H3,(H,14,18)(H,16,17)/t8-/m0/s1. The smallest absolute Gasteiger partial charge is 0.322 e. The van der Waals surface area contributed by atoms with Crippen LogP contribution in [0.5, 0.6) is 5.75 Å². The molecule has 0 aromatic heterocycles. The Morgan fingerprint density at radius 2 is 2.11 bits per heavy atom. The summed E-state index contributed by atoms with van der Waals surface area (Å²) in [5, 5.41) is 20.1. The van der Waals surface area contributed by atoms with E-state index in [0.717, 1.165) is 0 Å². The fourth-order valence-corrected chi connectivity index (χ4v) is 1.17. The van der Waals surface area contributed by atoms with Crippen molar-refractivity contribution in [2.24, 2.45) is 4.99 Å². The van der Waals surface area contributed by atoms with Crippen LogP contribution in [0.2, 0.25) is 0 Å². The number of carbonyl (C=O) groups is 2. The molecular weight excluding hydrogens is 236 g/mol. The van der Waals surface area contributed by atoms with Crippen molar-refractivity contribution in [2.75, 3.05) is 6.54 Å². The first-order chi connectivity index (χ1) is 8.50. The number of nitrogens with one attached hydrogen (secondary N) is 1. The van der Waals surface area contributed by atoms with Crippen LogP contribution in [0.4, 0.5) is 0 Å². The number of carboxylic acid groups (broad SMARTS) is 1. The molecular formula is C12H14N2O4. The lowest BCUT2D eigenvalue weighted by atomic mass is 10.2. The first kappa shape index (κ1) is 13.7. The van der Waals surface area contributed by atoms with Crippen LogP contribution in [0.3, 0.4) is 0 Å². The number of benzene rings is 1. The minimum absolute atomic E-state index is 0.0689. The van der Waals surface area contributed by atoms with Gasteiger partial charge in [-0.3, -0.25) is 14.6 Å². The van der Waals surface area contributed by atoms with Crippen LogP contribution in [0.15, 0.2) is 29.3 Å². The number of carbonyl (C=O) groups excluding carboxylic acids is 1. The Bertz CT molecular complexity index is 471. The number of carboxylic acids is 1. The predicted octanol–water partition coefficient (Wildman–Crippen LogP) is 0.400. The second kappa shape index (κ2) is 6.39. The molecule has 0 aliphatic rings. The van der Waals surface area contributed by atoms with E-state index in [2.05, 4.69) is 10.3 Å². The third kappa shape index (κ3) is 4.25. The van der Waals surface area contributed by atoms with Gasteiger partial charge in [0.25, 0.3) is 0 Å². The quantitative estimate of drug-likeness (QED) is 0.659. The normalized spacial score (nSPS) is 12.3. The number of hydrogen-bond donors (Lipinski definition) is 3. The molecule has 0 unspecified atom stereocenters. The van der Waals surface area contributed by atoms with Gasteiger partial charge in [0.05, 0.1) is 0 Å². The van der Waals surface area contributed by atoms with Crippen LogP contribution in [0.1, 0.15) is 12.5 Å². The molecule has 0 radical (unpaired) electrons. The summed E-state index contributed by atoms with van der Waals surface area (Å²) in [7, 11) is 0. The fraction of sp³-hybridized carbons (Fsp3) is 0.250. The van der Waals surface area contributed by atoms with E-state index in [0.29, 0.717) is 5.56 Å². The van der Waals surface area contributed by atoms with Gasteiger partial charge in [-0.15, -0.1) is 0 Å². The maximum absolute atomic E-state index is 11.4. The molecule has 3 N–H and O–H groups in total. The van der Waals surface area contributed by atoms with Crippen molar-refractivity contribution in [2.45, 2.75) is 13.0 Å². The van der Waals surface area contributed by atoms with Crippen LogP contribution in [0, 0.1) is 0 Å². The summed E-state index contributed by atoms with van der Waals surface area (Å²) in [6.07, 6.45) is 1.38. The Hall–Kier alpha value is -2.37. The number of hydrogen-bond acceptors (Lipinski definition) is 4. The molecule has 18 heavy (non-hydrogen) atoms. The lowest BCUT2D eigenvalue weighted by molar-refractivity contribution is -0.138. The predicted molar refractivity (Wildman–Crippen MR) is 65.8 cm³/mol. The van der Waals surface area contributed by atoms with E-state index in [-0.39, 0.29) is 5.75 Å². The molecule has 0 saturated heterocycles. The van der Waals surface area contributed by atoms with E-state index in [9.17, 15) is 14.7 Å². The minimum Gasteiger partial charge on any atom is -0.507 e. The van der Waals surface area contributed by atoms with Gasteiger partial charge in [0, 0.05) is 11.8 Å². The van der Waals surface area contributed by atoms with Crippen LogP contribution >= 0.6 is 0 Å². The third-order valence-corrected chi connectivity index (χ3v) is 2.17. The van der Waals surface area contributed by atoms with Gasteiger partial charge >= 0.3 is 5.97 Å². The van der Waals surface area contributed by atoms with Gasteiger partial charge in [0.1, 0.15) is 18.3 Å². The third-order valence-electron chi connectivity index (χ3n) is 2.17. The van der Waals surface area contributed by atoms with E-state index in [1.165, 1.54) is 19.2 Å². The Balaban J connectivity index is 2.59. The number of nitrogens with zero attached hydrogens (tertiary/aromatic N) is 1. The average molecular weight is 250 g/mol. The number of para-hydroxylation sites is 1. The van der Waals surface area contributed by atoms with Gasteiger partial charge in [-0.1, -0.05) is 12.1 Å². The zero-order valence-corrected chi connectivity index (χ0v) is 9.83. The molecule has 6 heteroatoms. The zero-order valence-electron chi connectivity index (χ0n) is 9.83. The molecule has 0 heterocycles. The highest BCUT2D eigenvalue weighted by atomic mass is 16.4. The van der Waals surface area contributed by atoms with Crippen molar-refractivity contribution in [3.05, 3.63) is 29.8 Å². The summed E-state index contributed by atoms with van der Waals surface area (Å²) in [6.45, 7) is 1.10. The van der Waals surface area contributed by atoms with Crippen molar-refractivity contribution >= 4 is 18.1 Å². The van der Waals surface area contributed by atoms with E-state index in [1.54, 1.807) is 18.2 Å². The number of aromatic hydroxyl groups is 1. The average Bonchev–Trinajstić information content (AvgIpc) is 2.34. The van der Waals surface area contributed by atoms with Crippen molar-refractivity contribution in [1.29, 1.82) is 0 Å². The Morgan fingerprint density at radius 3 is 2.72 bits per heavy atom. The summed E-state index contributed by atoms with van der Waals surface area (Å²) in [6, 6.07) is 5.85. The second-order valence-electron chi connectivity index (χ2n) is 3.62. The summed E-state index contributed by atoms with van der Waals surface area (Å²) < 4.78 is 0. The summed E-state index contributed by atoms with van der Waals surface area (Å²) in [5.74, 6) is -1.52. The highest BCUT2D eigenvalue weighted by Crippen LogP contribution is 2.12. The van der Waals surface area contributed by atoms with Gasteiger partial charge in [-0.05, 0) is 19.1 Å². The first-order valence-electron chi connectivity index (χ1n) is 5.31. The molecule has 1 aromatic carbocycles. The van der Waals surface area contributed by atoms with Crippen molar-refractivity contribution < 1.29 is 19.8 Å². The van der Waals surface area contributed by atoms with Gasteiger partial charge in [0.2, 0.25) is 5.91 Å². The highest BCUT2D eigenvalue weighted by molar-refractivity contribution is 5.89. The summed E-state index contributed by atoms with van der Waals surface area (Å²) in [4.78, 5) is 25.6. The van der Waals surface area contributed by atoms with Crippen molar-refractivity contribution in [1.82, 2.24) is 5.32 Å². The Labute approximate surface area is 104 Å². The number of aliphatic imine (C=N–C) groups is 1. The van der Waals surface area contributed by atoms with Gasteiger partial charge in [0.15, 0.2) is 0 Å². The van der Waals surface area contributed by atoms with Crippen molar-refractivity contribution in [3.63, 3.8) is 0 Å². The van der Waals surface area contributed by atoms with Crippen LogP contribution in [0.25, 0.3) is 0 Å². The highest BCUT2D eigenvalue weighted by Gasteiger charge is 2.11. The molecule has 0 aliphatic carbocycles. The number of aliphatic carboxylic acids is 1. The van der Waals surface area contributed by atoms with Crippen LogP contribution < -0.4 is 5.32 Å². The maximum atomic E-state index is 11.4. The van der Waals surface area contributed by atoms with Gasteiger partial charge in [-0.25, -0.2) is 0 Å².